The van der Waals surface area contributed by atoms with E-state index in [1.54, 1.807) is 0 Å². The lowest BCUT2D eigenvalue weighted by Gasteiger charge is -2.08. The SMILES string of the molecule is C1CCNCC1.C1CCSC1.[HH]. The molecule has 0 saturated carbocycles. The molecule has 0 unspecified atom stereocenters. The molecule has 2 saturated heterocycles. The van der Waals surface area contributed by atoms with Crippen molar-refractivity contribution in [2.24, 2.45) is 0 Å². The monoisotopic (exact) mass is 175 g/mol. The van der Waals surface area contributed by atoms with E-state index < -0.39 is 0 Å². The Bertz CT molecular complexity index is 63.5. The van der Waals surface area contributed by atoms with Crippen LogP contribution in [0.2, 0.25) is 0 Å². The maximum atomic E-state index is 3.28. The molecule has 0 spiro atoms. The Morgan fingerprint density at radius 3 is 1.64 bits per heavy atom. The van der Waals surface area contributed by atoms with Crippen LogP contribution in [0.25, 0.3) is 0 Å². The fourth-order valence-corrected chi connectivity index (χ4v) is 2.33. The van der Waals surface area contributed by atoms with Gasteiger partial charge in [-0.1, -0.05) is 6.42 Å². The maximum absolute atomic E-state index is 3.28. The summed E-state index contributed by atoms with van der Waals surface area (Å²) in [4.78, 5) is 0. The van der Waals surface area contributed by atoms with Crippen molar-refractivity contribution in [3.8, 4) is 0 Å². The Morgan fingerprint density at radius 2 is 1.45 bits per heavy atom. The van der Waals surface area contributed by atoms with Crippen LogP contribution >= 0.6 is 11.8 Å². The Kier molecular flexibility index (Phi) is 5.97. The van der Waals surface area contributed by atoms with Gasteiger partial charge in [0.2, 0.25) is 0 Å². The van der Waals surface area contributed by atoms with E-state index in [1.807, 2.05) is 0 Å². The van der Waals surface area contributed by atoms with E-state index in [9.17, 15) is 0 Å². The Labute approximate surface area is 75.8 Å². The molecule has 0 amide bonds. The molecule has 2 rings (SSSR count). The lowest BCUT2D eigenvalue weighted by atomic mass is 10.2. The van der Waals surface area contributed by atoms with Crippen molar-refractivity contribution in [2.75, 3.05) is 24.6 Å². The van der Waals surface area contributed by atoms with E-state index >= 15 is 0 Å². The van der Waals surface area contributed by atoms with Crippen molar-refractivity contribution in [3.63, 3.8) is 0 Å². The molecular formula is C9H21NS. The molecule has 1 nitrogen and oxygen atoms in total. The standard InChI is InChI=1S/C5H11N.C4H8S.H2/c1-2-4-6-5-3-1;1-2-4-5-3-1;/h6H,1-5H2;1-4H2;1H. The summed E-state index contributed by atoms with van der Waals surface area (Å²) < 4.78 is 0. The van der Waals surface area contributed by atoms with Gasteiger partial charge in [0.15, 0.2) is 0 Å². The number of piperidine rings is 1. The molecule has 2 aliphatic heterocycles. The predicted molar refractivity (Wildman–Crippen MR) is 55.4 cm³/mol. The Morgan fingerprint density at radius 1 is 0.818 bits per heavy atom. The van der Waals surface area contributed by atoms with Gasteiger partial charge in [0.1, 0.15) is 0 Å². The molecule has 0 aromatic heterocycles. The van der Waals surface area contributed by atoms with Gasteiger partial charge in [-0.25, -0.2) is 0 Å². The van der Waals surface area contributed by atoms with Crippen LogP contribution in [0, 0.1) is 0 Å². The molecule has 68 valence electrons. The van der Waals surface area contributed by atoms with Gasteiger partial charge in [-0.3, -0.25) is 0 Å². The van der Waals surface area contributed by atoms with E-state index in [-0.39, 0.29) is 1.43 Å². The van der Waals surface area contributed by atoms with Gasteiger partial charge in [0.25, 0.3) is 0 Å². The molecule has 0 bridgehead atoms. The van der Waals surface area contributed by atoms with Gasteiger partial charge >= 0.3 is 0 Å². The number of thioether (sulfide) groups is 1. The summed E-state index contributed by atoms with van der Waals surface area (Å²) in [6, 6.07) is 0. The highest BCUT2D eigenvalue weighted by Gasteiger charge is 1.95. The summed E-state index contributed by atoms with van der Waals surface area (Å²) in [5, 5.41) is 3.28. The number of hydrogen-bond acceptors (Lipinski definition) is 2. The zero-order chi connectivity index (χ0) is 7.78. The second kappa shape index (κ2) is 6.99. The first kappa shape index (κ1) is 9.40. The molecule has 0 radical (unpaired) electrons. The smallest absolute Gasteiger partial charge is 0 e. The van der Waals surface area contributed by atoms with E-state index in [1.165, 1.54) is 56.7 Å². The Balaban J connectivity index is 0.000000189. The van der Waals surface area contributed by atoms with Crippen molar-refractivity contribution in [1.82, 2.24) is 5.32 Å². The number of nitrogens with one attached hydrogen (secondary N) is 1. The lowest BCUT2D eigenvalue weighted by Crippen LogP contribution is -2.21. The quantitative estimate of drug-likeness (QED) is 0.607. The van der Waals surface area contributed by atoms with Crippen molar-refractivity contribution < 1.29 is 1.43 Å². The van der Waals surface area contributed by atoms with Crippen LogP contribution in [-0.2, 0) is 0 Å². The van der Waals surface area contributed by atoms with Crippen LogP contribution in [0.4, 0.5) is 0 Å². The van der Waals surface area contributed by atoms with Crippen LogP contribution in [-0.4, -0.2) is 24.6 Å². The van der Waals surface area contributed by atoms with E-state index in [0.717, 1.165) is 0 Å². The van der Waals surface area contributed by atoms with Crippen LogP contribution < -0.4 is 5.32 Å². The van der Waals surface area contributed by atoms with Crippen LogP contribution in [0.1, 0.15) is 33.5 Å². The zero-order valence-corrected chi connectivity index (χ0v) is 8.09. The second-order valence-electron chi connectivity index (χ2n) is 3.13. The molecule has 0 aromatic carbocycles. The highest BCUT2D eigenvalue weighted by molar-refractivity contribution is 7.99. The van der Waals surface area contributed by atoms with Crippen molar-refractivity contribution >= 4 is 11.8 Å². The average molecular weight is 175 g/mol. The van der Waals surface area contributed by atoms with Crippen molar-refractivity contribution in [2.45, 2.75) is 32.1 Å². The minimum Gasteiger partial charge on any atom is -0.317 e. The van der Waals surface area contributed by atoms with Gasteiger partial charge < -0.3 is 5.32 Å². The molecule has 0 atom stereocenters. The summed E-state index contributed by atoms with van der Waals surface area (Å²) in [6.07, 6.45) is 7.14. The molecule has 2 heterocycles. The lowest BCUT2D eigenvalue weighted by molar-refractivity contribution is 0.520. The van der Waals surface area contributed by atoms with Crippen molar-refractivity contribution in [3.05, 3.63) is 0 Å². The third-order valence-electron chi connectivity index (χ3n) is 2.03. The number of rotatable bonds is 0. The maximum Gasteiger partial charge on any atom is 0 e. The normalized spacial score (nSPS) is 24.0. The van der Waals surface area contributed by atoms with Gasteiger partial charge in [-0.05, 0) is 50.3 Å². The molecule has 0 aliphatic carbocycles. The number of hydrogen-bond donors (Lipinski definition) is 1. The molecule has 2 heteroatoms. The molecule has 2 aliphatic rings. The summed E-state index contributed by atoms with van der Waals surface area (Å²) in [5.41, 5.74) is 0. The fraction of sp³-hybridized carbons (Fsp3) is 1.00. The molecule has 2 fully saturated rings. The van der Waals surface area contributed by atoms with E-state index in [2.05, 4.69) is 17.1 Å². The molecular weight excluding hydrogens is 154 g/mol. The van der Waals surface area contributed by atoms with E-state index in [4.69, 9.17) is 0 Å². The highest BCUT2D eigenvalue weighted by atomic mass is 32.2. The first-order chi connectivity index (χ1) is 5.50. The first-order valence-corrected chi connectivity index (χ1v) is 5.94. The highest BCUT2D eigenvalue weighted by Crippen LogP contribution is 2.14. The molecule has 11 heavy (non-hydrogen) atoms. The summed E-state index contributed by atoms with van der Waals surface area (Å²) in [7, 11) is 0. The average Bonchev–Trinajstić information content (AvgIpc) is 2.64. The summed E-state index contributed by atoms with van der Waals surface area (Å²) >= 11 is 2.07. The van der Waals surface area contributed by atoms with Gasteiger partial charge in [0, 0.05) is 1.43 Å². The molecule has 0 aromatic rings. The van der Waals surface area contributed by atoms with Crippen molar-refractivity contribution in [1.29, 1.82) is 0 Å². The predicted octanol–water partition coefficient (Wildman–Crippen LogP) is 2.52. The first-order valence-electron chi connectivity index (χ1n) is 4.78. The largest absolute Gasteiger partial charge is 0.317 e. The fourth-order valence-electron chi connectivity index (χ4n) is 1.31. The third-order valence-corrected chi connectivity index (χ3v) is 3.19. The summed E-state index contributed by atoms with van der Waals surface area (Å²) in [6.45, 7) is 2.50. The van der Waals surface area contributed by atoms with Gasteiger partial charge in [-0.15, -0.1) is 0 Å². The van der Waals surface area contributed by atoms with Gasteiger partial charge in [0.05, 0.1) is 0 Å². The van der Waals surface area contributed by atoms with Crippen LogP contribution in [0.15, 0.2) is 0 Å². The topological polar surface area (TPSA) is 12.0 Å². The molecule has 1 N–H and O–H groups in total. The zero-order valence-electron chi connectivity index (χ0n) is 7.27. The minimum atomic E-state index is 0. The van der Waals surface area contributed by atoms with Crippen LogP contribution in [0.5, 0.6) is 0 Å². The van der Waals surface area contributed by atoms with Gasteiger partial charge in [-0.2, -0.15) is 11.8 Å². The third kappa shape index (κ3) is 5.57. The van der Waals surface area contributed by atoms with Crippen LogP contribution in [0.3, 0.4) is 0 Å². The minimum absolute atomic E-state index is 0. The second-order valence-corrected chi connectivity index (χ2v) is 4.35. The van der Waals surface area contributed by atoms with E-state index in [0.29, 0.717) is 0 Å². The Hall–Kier alpha value is 0.310. The summed E-state index contributed by atoms with van der Waals surface area (Å²) in [5.74, 6) is 2.83.